The molecule has 0 N–H and O–H groups in total. The van der Waals surface area contributed by atoms with E-state index in [4.69, 9.17) is 4.74 Å². The molecule has 1 saturated heterocycles. The number of allylic oxidation sites excluding steroid dienone is 2. The monoisotopic (exact) mass is 166 g/mol. The van der Waals surface area contributed by atoms with Crippen LogP contribution in [0.5, 0.6) is 0 Å². The molecule has 2 heteroatoms. The van der Waals surface area contributed by atoms with Crippen LogP contribution >= 0.6 is 0 Å². The molecule has 0 radical (unpaired) electrons. The van der Waals surface area contributed by atoms with Crippen LogP contribution in [0.4, 0.5) is 0 Å². The van der Waals surface area contributed by atoms with E-state index in [1.165, 1.54) is 0 Å². The minimum absolute atomic E-state index is 0.0168. The third-order valence-corrected chi connectivity index (χ3v) is 2.93. The molecule has 0 unspecified atom stereocenters. The van der Waals surface area contributed by atoms with Crippen molar-refractivity contribution >= 4 is 5.97 Å². The zero-order valence-corrected chi connectivity index (χ0v) is 7.32. The summed E-state index contributed by atoms with van der Waals surface area (Å²) in [6.45, 7) is 2.74. The zero-order chi connectivity index (χ0) is 8.55. The predicted molar refractivity (Wildman–Crippen MR) is 45.5 cm³/mol. The second-order valence-electron chi connectivity index (χ2n) is 3.79. The van der Waals surface area contributed by atoms with Gasteiger partial charge in [0.05, 0.1) is 12.5 Å². The first-order valence-electron chi connectivity index (χ1n) is 4.62. The molecular formula is C10H14O2. The minimum atomic E-state index is 0.0168. The van der Waals surface area contributed by atoms with Gasteiger partial charge in [-0.05, 0) is 24.7 Å². The first-order valence-corrected chi connectivity index (χ1v) is 4.62. The minimum Gasteiger partial charge on any atom is -0.465 e. The summed E-state index contributed by atoms with van der Waals surface area (Å²) in [5.74, 6) is 1.08. The predicted octanol–water partition coefficient (Wildman–Crippen LogP) is 1.76. The summed E-state index contributed by atoms with van der Waals surface area (Å²) in [6.07, 6.45) is 6.42. The first kappa shape index (κ1) is 7.84. The number of carbonyl (C=O) groups excluding carboxylic acids is 1. The van der Waals surface area contributed by atoms with Crippen LogP contribution in [0.3, 0.4) is 0 Å². The highest BCUT2D eigenvalue weighted by atomic mass is 16.5. The molecule has 1 heterocycles. The van der Waals surface area contributed by atoms with Crippen molar-refractivity contribution in [1.29, 1.82) is 0 Å². The highest BCUT2D eigenvalue weighted by Crippen LogP contribution is 2.35. The van der Waals surface area contributed by atoms with Gasteiger partial charge in [-0.2, -0.15) is 0 Å². The summed E-state index contributed by atoms with van der Waals surface area (Å²) >= 11 is 0. The van der Waals surface area contributed by atoms with Gasteiger partial charge in [-0.3, -0.25) is 4.79 Å². The average Bonchev–Trinajstić information content (AvgIpc) is 2.04. The Labute approximate surface area is 72.6 Å². The number of hydrogen-bond acceptors (Lipinski definition) is 2. The van der Waals surface area contributed by atoms with Crippen molar-refractivity contribution in [1.82, 2.24) is 0 Å². The Morgan fingerprint density at radius 1 is 1.58 bits per heavy atom. The summed E-state index contributed by atoms with van der Waals surface area (Å²) in [7, 11) is 0. The molecule has 12 heavy (non-hydrogen) atoms. The SMILES string of the molecule is C[C@@H]1CC=C[C@@H]2CCOC(=O)[C@@H]12. The second kappa shape index (κ2) is 2.92. The van der Waals surface area contributed by atoms with E-state index in [1.807, 2.05) is 0 Å². The number of rotatable bonds is 0. The maximum Gasteiger partial charge on any atom is 0.309 e. The number of esters is 1. The maximum atomic E-state index is 11.4. The van der Waals surface area contributed by atoms with Gasteiger partial charge in [-0.15, -0.1) is 0 Å². The van der Waals surface area contributed by atoms with E-state index >= 15 is 0 Å². The number of ether oxygens (including phenoxy) is 1. The quantitative estimate of drug-likeness (QED) is 0.405. The van der Waals surface area contributed by atoms with Gasteiger partial charge in [0, 0.05) is 0 Å². The molecular weight excluding hydrogens is 152 g/mol. The van der Waals surface area contributed by atoms with Gasteiger partial charge in [0.25, 0.3) is 0 Å². The van der Waals surface area contributed by atoms with E-state index in [0.717, 1.165) is 12.8 Å². The van der Waals surface area contributed by atoms with Crippen molar-refractivity contribution in [3.05, 3.63) is 12.2 Å². The molecule has 0 amide bonds. The van der Waals surface area contributed by atoms with Crippen molar-refractivity contribution in [2.75, 3.05) is 6.61 Å². The van der Waals surface area contributed by atoms with Crippen LogP contribution in [0.25, 0.3) is 0 Å². The molecule has 0 aromatic rings. The van der Waals surface area contributed by atoms with Gasteiger partial charge < -0.3 is 4.74 Å². The van der Waals surface area contributed by atoms with E-state index in [9.17, 15) is 4.79 Å². The third kappa shape index (κ3) is 1.15. The van der Waals surface area contributed by atoms with Gasteiger partial charge in [-0.1, -0.05) is 19.1 Å². The fourth-order valence-corrected chi connectivity index (χ4v) is 2.23. The van der Waals surface area contributed by atoms with Crippen molar-refractivity contribution in [2.24, 2.45) is 17.8 Å². The molecule has 2 nitrogen and oxygen atoms in total. The van der Waals surface area contributed by atoms with Crippen molar-refractivity contribution in [3.8, 4) is 0 Å². The molecule has 1 fully saturated rings. The summed E-state index contributed by atoms with van der Waals surface area (Å²) in [5.41, 5.74) is 0. The normalized spacial score (nSPS) is 40.4. The van der Waals surface area contributed by atoms with Crippen LogP contribution in [0, 0.1) is 17.8 Å². The first-order chi connectivity index (χ1) is 5.79. The number of carbonyl (C=O) groups is 1. The van der Waals surface area contributed by atoms with Crippen molar-refractivity contribution in [2.45, 2.75) is 19.8 Å². The topological polar surface area (TPSA) is 26.3 Å². The Bertz CT molecular complexity index is 220. The highest BCUT2D eigenvalue weighted by Gasteiger charge is 2.37. The lowest BCUT2D eigenvalue weighted by atomic mass is 9.74. The summed E-state index contributed by atoms with van der Waals surface area (Å²) < 4.78 is 5.04. The van der Waals surface area contributed by atoms with E-state index in [1.54, 1.807) is 0 Å². The molecule has 66 valence electrons. The summed E-state index contributed by atoms with van der Waals surface area (Å²) in [6, 6.07) is 0. The molecule has 0 saturated carbocycles. The highest BCUT2D eigenvalue weighted by molar-refractivity contribution is 5.74. The van der Waals surface area contributed by atoms with Gasteiger partial charge >= 0.3 is 5.97 Å². The van der Waals surface area contributed by atoms with Crippen LogP contribution < -0.4 is 0 Å². The average molecular weight is 166 g/mol. The Morgan fingerprint density at radius 3 is 3.17 bits per heavy atom. The second-order valence-corrected chi connectivity index (χ2v) is 3.79. The van der Waals surface area contributed by atoms with Gasteiger partial charge in [0.15, 0.2) is 0 Å². The van der Waals surface area contributed by atoms with Gasteiger partial charge in [-0.25, -0.2) is 0 Å². The van der Waals surface area contributed by atoms with Gasteiger partial charge in [0.1, 0.15) is 0 Å². The molecule has 0 spiro atoms. The molecule has 2 rings (SSSR count). The smallest absolute Gasteiger partial charge is 0.309 e. The lowest BCUT2D eigenvalue weighted by Crippen LogP contribution is -2.37. The maximum absolute atomic E-state index is 11.4. The largest absolute Gasteiger partial charge is 0.465 e. The molecule has 2 aliphatic rings. The van der Waals surface area contributed by atoms with Crippen molar-refractivity contribution < 1.29 is 9.53 Å². The van der Waals surface area contributed by atoms with E-state index < -0.39 is 0 Å². The van der Waals surface area contributed by atoms with E-state index in [-0.39, 0.29) is 11.9 Å². The van der Waals surface area contributed by atoms with Crippen LogP contribution in [0.15, 0.2) is 12.2 Å². The van der Waals surface area contributed by atoms with Crippen LogP contribution in [-0.4, -0.2) is 12.6 Å². The fourth-order valence-electron chi connectivity index (χ4n) is 2.23. The van der Waals surface area contributed by atoms with E-state index in [0.29, 0.717) is 18.4 Å². The Kier molecular flexibility index (Phi) is 1.91. The fraction of sp³-hybridized carbons (Fsp3) is 0.700. The lowest BCUT2D eigenvalue weighted by Gasteiger charge is -2.34. The molecule has 1 aliphatic carbocycles. The standard InChI is InChI=1S/C10H14O2/c1-7-3-2-4-8-5-6-12-10(11)9(7)8/h2,4,7-9H,3,5-6H2,1H3/t7-,8-,9+/m1/s1. The van der Waals surface area contributed by atoms with E-state index in [2.05, 4.69) is 19.1 Å². The molecule has 0 aromatic heterocycles. The van der Waals surface area contributed by atoms with Crippen LogP contribution in [0.2, 0.25) is 0 Å². The Hall–Kier alpha value is -0.790. The van der Waals surface area contributed by atoms with Crippen LogP contribution in [-0.2, 0) is 9.53 Å². The molecule has 3 atom stereocenters. The van der Waals surface area contributed by atoms with Crippen LogP contribution in [0.1, 0.15) is 19.8 Å². The molecule has 0 bridgehead atoms. The molecule has 0 aromatic carbocycles. The number of hydrogen-bond donors (Lipinski definition) is 0. The lowest BCUT2D eigenvalue weighted by molar-refractivity contribution is -0.158. The van der Waals surface area contributed by atoms with Gasteiger partial charge in [0.2, 0.25) is 0 Å². The molecule has 1 aliphatic heterocycles. The Morgan fingerprint density at radius 2 is 2.42 bits per heavy atom. The summed E-state index contributed by atoms with van der Waals surface area (Å²) in [4.78, 5) is 11.4. The third-order valence-electron chi connectivity index (χ3n) is 2.93. The summed E-state index contributed by atoms with van der Waals surface area (Å²) in [5, 5.41) is 0. The number of cyclic esters (lactones) is 1. The van der Waals surface area contributed by atoms with Crippen molar-refractivity contribution in [3.63, 3.8) is 0 Å². The number of fused-ring (bicyclic) bond motifs is 1. The zero-order valence-electron chi connectivity index (χ0n) is 7.32. The Balaban J connectivity index is 2.21.